The van der Waals surface area contributed by atoms with E-state index in [1.807, 2.05) is 39.0 Å². The van der Waals surface area contributed by atoms with Gasteiger partial charge >= 0.3 is 0 Å². The highest BCUT2D eigenvalue weighted by atomic mass is 16.2. The number of hydrogen-bond acceptors (Lipinski definition) is 2. The standard InChI is InChI=1S/C15H24N2O/c1-5-17(11-13-9-7-6-8-10-13)12-14(18)16-15(2,3)4/h6-10H,5,11-12H2,1-4H3,(H,16,18). The third-order valence-corrected chi connectivity index (χ3v) is 2.58. The summed E-state index contributed by atoms with van der Waals surface area (Å²) < 4.78 is 0. The molecule has 1 amide bonds. The van der Waals surface area contributed by atoms with E-state index in [0.29, 0.717) is 6.54 Å². The zero-order valence-electron chi connectivity index (χ0n) is 11.9. The van der Waals surface area contributed by atoms with Crippen LogP contribution in [-0.4, -0.2) is 29.4 Å². The Morgan fingerprint density at radius 3 is 2.33 bits per heavy atom. The predicted molar refractivity (Wildman–Crippen MR) is 75.3 cm³/mol. The molecular weight excluding hydrogens is 224 g/mol. The largest absolute Gasteiger partial charge is 0.350 e. The van der Waals surface area contributed by atoms with Gasteiger partial charge in [0.25, 0.3) is 0 Å². The summed E-state index contributed by atoms with van der Waals surface area (Å²) in [5, 5.41) is 2.99. The van der Waals surface area contributed by atoms with Crippen molar-refractivity contribution < 1.29 is 4.79 Å². The monoisotopic (exact) mass is 248 g/mol. The fourth-order valence-electron chi connectivity index (χ4n) is 1.78. The van der Waals surface area contributed by atoms with Gasteiger partial charge in [-0.05, 0) is 32.9 Å². The van der Waals surface area contributed by atoms with Gasteiger partial charge in [-0.15, -0.1) is 0 Å². The first-order valence-electron chi connectivity index (χ1n) is 6.48. The second-order valence-electron chi connectivity index (χ2n) is 5.59. The molecule has 0 heterocycles. The first-order chi connectivity index (χ1) is 8.40. The molecule has 0 aliphatic rings. The lowest BCUT2D eigenvalue weighted by atomic mass is 10.1. The first-order valence-corrected chi connectivity index (χ1v) is 6.48. The molecule has 0 atom stereocenters. The van der Waals surface area contributed by atoms with Crippen molar-refractivity contribution in [2.45, 2.75) is 39.8 Å². The average Bonchev–Trinajstić information content (AvgIpc) is 2.27. The Labute approximate surface area is 110 Å². The topological polar surface area (TPSA) is 32.3 Å². The summed E-state index contributed by atoms with van der Waals surface area (Å²) in [5.41, 5.74) is 1.08. The second kappa shape index (κ2) is 6.55. The number of nitrogens with zero attached hydrogens (tertiary/aromatic N) is 1. The Kier molecular flexibility index (Phi) is 5.35. The predicted octanol–water partition coefficient (Wildman–Crippen LogP) is 2.42. The van der Waals surface area contributed by atoms with Gasteiger partial charge in [-0.1, -0.05) is 37.3 Å². The van der Waals surface area contributed by atoms with Crippen LogP contribution in [0.3, 0.4) is 0 Å². The summed E-state index contributed by atoms with van der Waals surface area (Å²) in [6, 6.07) is 10.2. The SMILES string of the molecule is CCN(CC(=O)NC(C)(C)C)Cc1ccccc1. The maximum atomic E-state index is 11.9. The maximum Gasteiger partial charge on any atom is 0.234 e. The quantitative estimate of drug-likeness (QED) is 0.868. The normalized spacial score (nSPS) is 11.6. The van der Waals surface area contributed by atoms with Crippen molar-refractivity contribution in [3.63, 3.8) is 0 Å². The Morgan fingerprint density at radius 2 is 1.83 bits per heavy atom. The van der Waals surface area contributed by atoms with E-state index in [-0.39, 0.29) is 11.4 Å². The van der Waals surface area contributed by atoms with Crippen LogP contribution in [-0.2, 0) is 11.3 Å². The smallest absolute Gasteiger partial charge is 0.234 e. The number of amides is 1. The lowest BCUT2D eigenvalue weighted by molar-refractivity contribution is -0.123. The molecule has 1 N–H and O–H groups in total. The van der Waals surface area contributed by atoms with Gasteiger partial charge in [0, 0.05) is 12.1 Å². The van der Waals surface area contributed by atoms with E-state index in [4.69, 9.17) is 0 Å². The van der Waals surface area contributed by atoms with Crippen molar-refractivity contribution in [2.75, 3.05) is 13.1 Å². The third-order valence-electron chi connectivity index (χ3n) is 2.58. The number of benzene rings is 1. The molecule has 1 rings (SSSR count). The molecule has 100 valence electrons. The van der Waals surface area contributed by atoms with Gasteiger partial charge in [-0.3, -0.25) is 9.69 Å². The number of carbonyl (C=O) groups is 1. The minimum Gasteiger partial charge on any atom is -0.350 e. The Hall–Kier alpha value is -1.35. The minimum absolute atomic E-state index is 0.0836. The summed E-state index contributed by atoms with van der Waals surface area (Å²) in [6.07, 6.45) is 0. The lowest BCUT2D eigenvalue weighted by Gasteiger charge is -2.24. The van der Waals surface area contributed by atoms with E-state index in [1.54, 1.807) is 0 Å². The maximum absolute atomic E-state index is 11.9. The van der Waals surface area contributed by atoms with Crippen molar-refractivity contribution in [3.05, 3.63) is 35.9 Å². The van der Waals surface area contributed by atoms with Crippen molar-refractivity contribution in [3.8, 4) is 0 Å². The van der Waals surface area contributed by atoms with Crippen LogP contribution in [0.4, 0.5) is 0 Å². The van der Waals surface area contributed by atoms with E-state index in [1.165, 1.54) is 5.56 Å². The van der Waals surface area contributed by atoms with E-state index >= 15 is 0 Å². The lowest BCUT2D eigenvalue weighted by Crippen LogP contribution is -2.45. The molecule has 0 aromatic heterocycles. The van der Waals surface area contributed by atoms with E-state index in [9.17, 15) is 4.79 Å². The summed E-state index contributed by atoms with van der Waals surface area (Å²) in [6.45, 7) is 10.2. The molecule has 0 bridgehead atoms. The highest BCUT2D eigenvalue weighted by Gasteiger charge is 2.16. The highest BCUT2D eigenvalue weighted by molar-refractivity contribution is 5.78. The van der Waals surface area contributed by atoms with Crippen LogP contribution in [0, 0.1) is 0 Å². The molecule has 1 aromatic carbocycles. The average molecular weight is 248 g/mol. The minimum atomic E-state index is -0.163. The van der Waals surface area contributed by atoms with Gasteiger partial charge in [0.05, 0.1) is 6.54 Å². The highest BCUT2D eigenvalue weighted by Crippen LogP contribution is 2.04. The molecule has 18 heavy (non-hydrogen) atoms. The molecule has 0 aliphatic carbocycles. The number of likely N-dealkylation sites (N-methyl/N-ethyl adjacent to an activating group) is 1. The molecule has 0 radical (unpaired) electrons. The molecule has 1 aromatic rings. The van der Waals surface area contributed by atoms with Crippen LogP contribution in [0.5, 0.6) is 0 Å². The van der Waals surface area contributed by atoms with E-state index in [2.05, 4.69) is 29.3 Å². The number of hydrogen-bond donors (Lipinski definition) is 1. The fourth-order valence-corrected chi connectivity index (χ4v) is 1.78. The summed E-state index contributed by atoms with van der Waals surface area (Å²) in [4.78, 5) is 14.0. The zero-order valence-corrected chi connectivity index (χ0v) is 11.9. The zero-order chi connectivity index (χ0) is 13.6. The van der Waals surface area contributed by atoms with Gasteiger partial charge < -0.3 is 5.32 Å². The molecule has 3 nitrogen and oxygen atoms in total. The summed E-state index contributed by atoms with van der Waals surface area (Å²) in [5.74, 6) is 0.0836. The van der Waals surface area contributed by atoms with Gasteiger partial charge in [-0.25, -0.2) is 0 Å². The van der Waals surface area contributed by atoms with Crippen LogP contribution in [0.15, 0.2) is 30.3 Å². The Bertz CT molecular complexity index is 368. The number of nitrogens with one attached hydrogen (secondary N) is 1. The van der Waals surface area contributed by atoms with E-state index in [0.717, 1.165) is 13.1 Å². The van der Waals surface area contributed by atoms with Crippen LogP contribution in [0.2, 0.25) is 0 Å². The van der Waals surface area contributed by atoms with Gasteiger partial charge in [0.2, 0.25) is 5.91 Å². The van der Waals surface area contributed by atoms with Gasteiger partial charge in [-0.2, -0.15) is 0 Å². The first kappa shape index (κ1) is 14.7. The van der Waals surface area contributed by atoms with Gasteiger partial charge in [0.1, 0.15) is 0 Å². The molecule has 3 heteroatoms. The molecule has 0 saturated carbocycles. The van der Waals surface area contributed by atoms with Gasteiger partial charge in [0.15, 0.2) is 0 Å². The van der Waals surface area contributed by atoms with E-state index < -0.39 is 0 Å². The second-order valence-corrected chi connectivity index (χ2v) is 5.59. The molecule has 0 unspecified atom stereocenters. The van der Waals surface area contributed by atoms with Crippen LogP contribution < -0.4 is 5.32 Å². The van der Waals surface area contributed by atoms with Crippen molar-refractivity contribution in [1.29, 1.82) is 0 Å². The molecule has 0 spiro atoms. The molecule has 0 saturated heterocycles. The number of rotatable bonds is 5. The molecular formula is C15H24N2O. The number of carbonyl (C=O) groups excluding carboxylic acids is 1. The van der Waals surface area contributed by atoms with Crippen molar-refractivity contribution >= 4 is 5.91 Å². The Morgan fingerprint density at radius 1 is 1.22 bits per heavy atom. The Balaban J connectivity index is 2.50. The van der Waals surface area contributed by atoms with Crippen molar-refractivity contribution in [2.24, 2.45) is 0 Å². The fraction of sp³-hybridized carbons (Fsp3) is 0.533. The van der Waals surface area contributed by atoms with Crippen LogP contribution >= 0.6 is 0 Å². The molecule has 0 aliphatic heterocycles. The summed E-state index contributed by atoms with van der Waals surface area (Å²) in [7, 11) is 0. The van der Waals surface area contributed by atoms with Crippen LogP contribution in [0.1, 0.15) is 33.3 Å². The molecule has 0 fully saturated rings. The summed E-state index contributed by atoms with van der Waals surface area (Å²) >= 11 is 0. The van der Waals surface area contributed by atoms with Crippen molar-refractivity contribution in [1.82, 2.24) is 10.2 Å². The van der Waals surface area contributed by atoms with Crippen LogP contribution in [0.25, 0.3) is 0 Å². The third kappa shape index (κ3) is 5.82.